The minimum atomic E-state index is -3.80. The number of Topliss-reactive ketones (excluding diaryl/α,β-unsaturated/α-hetero) is 1. The molecular weight excluding hydrogens is 362 g/mol. The predicted molar refractivity (Wildman–Crippen MR) is 96.3 cm³/mol. The number of hydrogen-bond donors (Lipinski definition) is 1. The van der Waals surface area contributed by atoms with Crippen molar-refractivity contribution >= 4 is 38.7 Å². The number of ketones is 1. The van der Waals surface area contributed by atoms with Crippen molar-refractivity contribution in [3.63, 3.8) is 0 Å². The molecule has 5 nitrogen and oxygen atoms in total. The monoisotopic (exact) mass is 377 g/mol. The van der Waals surface area contributed by atoms with E-state index < -0.39 is 15.6 Å². The molecule has 0 fully saturated rings. The Morgan fingerprint density at radius 2 is 1.68 bits per heavy atom. The first-order valence-corrected chi connectivity index (χ1v) is 9.39. The molecule has 0 unspecified atom stereocenters. The number of carbonyl (C=O) groups excluding carboxylic acids is 1. The molecule has 0 saturated carbocycles. The number of primary sulfonamides is 1. The Kier molecular flexibility index (Phi) is 4.23. The van der Waals surface area contributed by atoms with E-state index in [4.69, 9.17) is 21.5 Å². The fourth-order valence-electron chi connectivity index (χ4n) is 2.66. The number of nitrogens with two attached hydrogens (primary N) is 1. The maximum Gasteiger partial charge on any atom is 0.238 e. The average Bonchev–Trinajstić information content (AvgIpc) is 2.77. The lowest BCUT2D eigenvalue weighted by Crippen LogP contribution is -2.29. The van der Waals surface area contributed by atoms with E-state index in [0.29, 0.717) is 27.5 Å². The lowest BCUT2D eigenvalue weighted by Gasteiger charge is -2.17. The average molecular weight is 378 g/mol. The van der Waals surface area contributed by atoms with Crippen LogP contribution in [0, 0.1) is 0 Å². The van der Waals surface area contributed by atoms with Gasteiger partial charge in [-0.1, -0.05) is 35.9 Å². The molecule has 0 amide bonds. The molecule has 2 aromatic rings. The van der Waals surface area contributed by atoms with Crippen LogP contribution in [0.5, 0.6) is 0 Å². The van der Waals surface area contributed by atoms with Crippen LogP contribution < -0.4 is 5.14 Å². The Balaban J connectivity index is 2.17. The second-order valence-electron chi connectivity index (χ2n) is 6.23. The van der Waals surface area contributed by atoms with Crippen LogP contribution in [0.4, 0.5) is 0 Å². The summed E-state index contributed by atoms with van der Waals surface area (Å²) < 4.78 is 28.7. The molecule has 0 spiro atoms. The number of rotatable bonds is 3. The molecule has 2 aromatic carbocycles. The highest BCUT2D eigenvalue weighted by Crippen LogP contribution is 2.41. The Bertz CT molecular complexity index is 992. The smallest absolute Gasteiger partial charge is 0.238 e. The first-order chi connectivity index (χ1) is 11.6. The zero-order chi connectivity index (χ0) is 18.4. The van der Waals surface area contributed by atoms with Crippen LogP contribution >= 0.6 is 11.6 Å². The first kappa shape index (κ1) is 17.7. The third-order valence-corrected chi connectivity index (χ3v) is 5.08. The van der Waals surface area contributed by atoms with Crippen LogP contribution in [0.1, 0.15) is 25.0 Å². The Morgan fingerprint density at radius 3 is 2.24 bits per heavy atom. The van der Waals surface area contributed by atoms with Crippen LogP contribution in [-0.2, 0) is 19.6 Å². The van der Waals surface area contributed by atoms with Gasteiger partial charge in [0.1, 0.15) is 5.76 Å². The summed E-state index contributed by atoms with van der Waals surface area (Å²) >= 11 is 6.05. The molecule has 0 aliphatic carbocycles. The van der Waals surface area contributed by atoms with Crippen LogP contribution in [0.15, 0.2) is 53.4 Å². The predicted octanol–water partition coefficient (Wildman–Crippen LogP) is 3.23. The summed E-state index contributed by atoms with van der Waals surface area (Å²) in [7, 11) is -3.80. The van der Waals surface area contributed by atoms with Crippen molar-refractivity contribution in [3.8, 4) is 0 Å². The summed E-state index contributed by atoms with van der Waals surface area (Å²) in [6, 6.07) is 12.8. The van der Waals surface area contributed by atoms with Gasteiger partial charge in [0, 0.05) is 10.6 Å². The molecule has 0 bridgehead atoms. The van der Waals surface area contributed by atoms with Crippen molar-refractivity contribution in [2.24, 2.45) is 5.14 Å². The Labute approximate surface area is 151 Å². The van der Waals surface area contributed by atoms with Crippen molar-refractivity contribution in [2.75, 3.05) is 0 Å². The standard InChI is InChI=1S/C18H16ClNO4S/c1-18(2)17(21)15(11-6-8-14(9-7-11)25(20,22)23)16(24-18)12-4-3-5-13(19)10-12/h3-10H,1-2H3,(H2,20,22,23). The second-order valence-corrected chi connectivity index (χ2v) is 8.22. The maximum atomic E-state index is 12.8. The SMILES string of the molecule is CC1(C)OC(c2cccc(Cl)c2)=C(c2ccc(S(N)(=O)=O)cc2)C1=O. The van der Waals surface area contributed by atoms with Gasteiger partial charge < -0.3 is 4.74 Å². The number of hydrogen-bond acceptors (Lipinski definition) is 4. The van der Waals surface area contributed by atoms with Crippen molar-refractivity contribution in [2.45, 2.75) is 24.3 Å². The fourth-order valence-corrected chi connectivity index (χ4v) is 3.37. The molecule has 1 aliphatic rings. The van der Waals surface area contributed by atoms with E-state index in [1.165, 1.54) is 12.1 Å². The number of carbonyl (C=O) groups is 1. The van der Waals surface area contributed by atoms with Crippen LogP contribution in [0.2, 0.25) is 5.02 Å². The summed E-state index contributed by atoms with van der Waals surface area (Å²) in [5, 5.41) is 5.64. The van der Waals surface area contributed by atoms with Gasteiger partial charge >= 0.3 is 0 Å². The minimum Gasteiger partial charge on any atom is -0.478 e. The summed E-state index contributed by atoms with van der Waals surface area (Å²) in [5.41, 5.74) is 0.592. The van der Waals surface area contributed by atoms with Gasteiger partial charge in [0.05, 0.1) is 10.5 Å². The number of sulfonamides is 1. The largest absolute Gasteiger partial charge is 0.478 e. The van der Waals surface area contributed by atoms with E-state index in [-0.39, 0.29) is 10.7 Å². The van der Waals surface area contributed by atoms with E-state index in [1.54, 1.807) is 50.2 Å². The van der Waals surface area contributed by atoms with E-state index in [0.717, 1.165) is 0 Å². The molecule has 0 radical (unpaired) electrons. The van der Waals surface area contributed by atoms with Crippen molar-refractivity contribution in [1.82, 2.24) is 0 Å². The van der Waals surface area contributed by atoms with Gasteiger partial charge in [-0.15, -0.1) is 0 Å². The maximum absolute atomic E-state index is 12.8. The summed E-state index contributed by atoms with van der Waals surface area (Å²) in [6.07, 6.45) is 0. The van der Waals surface area contributed by atoms with Gasteiger partial charge in [0.15, 0.2) is 5.60 Å². The normalized spacial score (nSPS) is 16.9. The molecular formula is C18H16ClNO4S. The molecule has 1 aliphatic heterocycles. The molecule has 0 aromatic heterocycles. The summed E-state index contributed by atoms with van der Waals surface area (Å²) in [4.78, 5) is 12.8. The molecule has 0 saturated heterocycles. The zero-order valence-corrected chi connectivity index (χ0v) is 15.2. The van der Waals surface area contributed by atoms with E-state index in [9.17, 15) is 13.2 Å². The topological polar surface area (TPSA) is 86.5 Å². The molecule has 2 N–H and O–H groups in total. The van der Waals surface area contributed by atoms with Gasteiger partial charge in [-0.25, -0.2) is 13.6 Å². The van der Waals surface area contributed by atoms with Gasteiger partial charge in [0.25, 0.3) is 0 Å². The van der Waals surface area contributed by atoms with Gasteiger partial charge in [-0.3, -0.25) is 4.79 Å². The second kappa shape index (κ2) is 5.98. The first-order valence-electron chi connectivity index (χ1n) is 7.47. The van der Waals surface area contributed by atoms with Crippen molar-refractivity contribution < 1.29 is 17.9 Å². The van der Waals surface area contributed by atoms with Gasteiger partial charge in [-0.05, 0) is 43.7 Å². The van der Waals surface area contributed by atoms with E-state index in [1.807, 2.05) is 0 Å². The summed E-state index contributed by atoms with van der Waals surface area (Å²) in [6.45, 7) is 3.37. The van der Waals surface area contributed by atoms with Crippen LogP contribution in [0.3, 0.4) is 0 Å². The third kappa shape index (κ3) is 3.33. The quantitative estimate of drug-likeness (QED) is 0.889. The van der Waals surface area contributed by atoms with Crippen LogP contribution in [0.25, 0.3) is 11.3 Å². The Morgan fingerprint density at radius 1 is 1.04 bits per heavy atom. The highest BCUT2D eigenvalue weighted by Gasteiger charge is 2.42. The van der Waals surface area contributed by atoms with Crippen molar-refractivity contribution in [3.05, 3.63) is 64.7 Å². The fraction of sp³-hybridized carbons (Fsp3) is 0.167. The van der Waals surface area contributed by atoms with Crippen molar-refractivity contribution in [1.29, 1.82) is 0 Å². The minimum absolute atomic E-state index is 0.0215. The summed E-state index contributed by atoms with van der Waals surface area (Å²) in [5.74, 6) is 0.228. The molecule has 130 valence electrons. The third-order valence-electron chi connectivity index (χ3n) is 3.92. The molecule has 1 heterocycles. The van der Waals surface area contributed by atoms with Gasteiger partial charge in [-0.2, -0.15) is 0 Å². The van der Waals surface area contributed by atoms with Crippen LogP contribution in [-0.4, -0.2) is 19.8 Å². The highest BCUT2D eigenvalue weighted by atomic mass is 35.5. The molecule has 3 rings (SSSR count). The molecule has 0 atom stereocenters. The highest BCUT2D eigenvalue weighted by molar-refractivity contribution is 7.89. The number of benzene rings is 2. The zero-order valence-electron chi connectivity index (χ0n) is 13.6. The lowest BCUT2D eigenvalue weighted by atomic mass is 9.93. The molecule has 7 heteroatoms. The number of halogens is 1. The van der Waals surface area contributed by atoms with E-state index >= 15 is 0 Å². The molecule has 25 heavy (non-hydrogen) atoms. The lowest BCUT2D eigenvalue weighted by molar-refractivity contribution is -0.125. The van der Waals surface area contributed by atoms with Gasteiger partial charge in [0.2, 0.25) is 15.8 Å². The Hall–Kier alpha value is -2.15. The number of ether oxygens (including phenoxy) is 1. The van der Waals surface area contributed by atoms with E-state index in [2.05, 4.69) is 0 Å².